The van der Waals surface area contributed by atoms with E-state index in [9.17, 15) is 19.2 Å². The first-order chi connectivity index (χ1) is 37.7. The van der Waals surface area contributed by atoms with E-state index in [2.05, 4.69) is 20.4 Å². The maximum atomic E-state index is 15.9. The number of carbonyl (C=O) groups excluding carboxylic acids is 4. The Bertz CT molecular complexity index is 3450. The molecule has 0 aliphatic carbocycles. The Kier molecular flexibility index (Phi) is 15.1. The van der Waals surface area contributed by atoms with E-state index in [0.29, 0.717) is 116 Å². The van der Waals surface area contributed by atoms with Gasteiger partial charge in [0.1, 0.15) is 60.0 Å². The Labute approximate surface area is 442 Å². The molecular weight excluding hydrogens is 988 g/mol. The van der Waals surface area contributed by atoms with Gasteiger partial charge < -0.3 is 39.7 Å². The number of hydrogen-bond donors (Lipinski definition) is 2. The summed E-state index contributed by atoms with van der Waals surface area (Å²) in [5, 5.41) is 19.5. The lowest BCUT2D eigenvalue weighted by molar-refractivity contribution is -0.141. The molecule has 0 spiro atoms. The molecule has 2 fully saturated rings. The fourth-order valence-corrected chi connectivity index (χ4v) is 11.1. The van der Waals surface area contributed by atoms with Gasteiger partial charge in [0, 0.05) is 66.7 Å². The second kappa shape index (κ2) is 22.7. The molecule has 398 valence electrons. The minimum absolute atomic E-state index is 0.000468. The zero-order valence-corrected chi connectivity index (χ0v) is 42.6. The molecule has 0 saturated carbocycles. The lowest BCUT2D eigenvalue weighted by atomic mass is 9.88. The highest BCUT2D eigenvalue weighted by molar-refractivity contribution is 6.01. The van der Waals surface area contributed by atoms with Crippen LogP contribution in [0.1, 0.15) is 62.6 Å². The van der Waals surface area contributed by atoms with E-state index in [4.69, 9.17) is 34.9 Å². The summed E-state index contributed by atoms with van der Waals surface area (Å²) in [6.07, 6.45) is 6.85. The number of nitrogens with one attached hydrogen (secondary N) is 1. The Morgan fingerprint density at radius 2 is 1.56 bits per heavy atom. The molecule has 8 aromatic rings. The zero-order chi connectivity index (χ0) is 52.9. The summed E-state index contributed by atoms with van der Waals surface area (Å²) in [5.74, 6) is 0.876. The molecule has 4 aliphatic heterocycles. The van der Waals surface area contributed by atoms with Crippen molar-refractivity contribution >= 4 is 62.7 Å². The lowest BCUT2D eigenvalue weighted by Crippen LogP contribution is -2.65. The van der Waals surface area contributed by atoms with Gasteiger partial charge in [-0.2, -0.15) is 10.2 Å². The summed E-state index contributed by atoms with van der Waals surface area (Å²) in [6.45, 7) is 4.06. The largest absolute Gasteiger partial charge is 0.457 e. The van der Waals surface area contributed by atoms with Crippen molar-refractivity contribution in [1.29, 1.82) is 0 Å². The van der Waals surface area contributed by atoms with Gasteiger partial charge in [0.2, 0.25) is 11.8 Å². The number of carbonyl (C=O) groups is 4. The van der Waals surface area contributed by atoms with Crippen LogP contribution in [0.3, 0.4) is 0 Å². The third-order valence-corrected chi connectivity index (χ3v) is 14.9. The molecule has 3 N–H and O–H groups in total. The van der Waals surface area contributed by atoms with E-state index in [1.807, 2.05) is 82.4 Å². The number of quaternary nitrogens is 1. The Morgan fingerprint density at radius 3 is 2.35 bits per heavy atom. The van der Waals surface area contributed by atoms with Crippen LogP contribution >= 0.6 is 0 Å². The van der Waals surface area contributed by atoms with Crippen molar-refractivity contribution in [2.75, 3.05) is 78.1 Å². The Balaban J connectivity index is 0.590. The van der Waals surface area contributed by atoms with E-state index in [1.54, 1.807) is 21.7 Å². The van der Waals surface area contributed by atoms with E-state index in [0.717, 1.165) is 47.0 Å². The van der Waals surface area contributed by atoms with Gasteiger partial charge in [-0.3, -0.25) is 14.3 Å². The number of para-hydroxylation sites is 1. The molecule has 4 aromatic carbocycles. The topological polar surface area (TPSA) is 226 Å². The van der Waals surface area contributed by atoms with Gasteiger partial charge in [-0.15, -0.1) is 9.69 Å². The Morgan fingerprint density at radius 1 is 0.792 bits per heavy atom. The molecule has 21 heteroatoms. The SMILES string of the molecule is Nc1ncnc2c1c(-c1ccc(Oc3ccccc3)cc1)nn2C1CCCN(C(=O)CCOCCOCCOCCNC(=O)CCC(=O)[N+]23CCC(CC2)c2nn(CC=O)c4cccc(c24)-c2cc4c(cnn43)cc2F)C1. The predicted molar refractivity (Wildman–Crippen MR) is 285 cm³/mol. The number of hydrogen-bond acceptors (Lipinski definition) is 14. The number of halogens is 1. The molecule has 1 unspecified atom stereocenters. The van der Waals surface area contributed by atoms with Crippen LogP contribution in [-0.2, 0) is 39.9 Å². The summed E-state index contributed by atoms with van der Waals surface area (Å²) in [7, 11) is 0. The summed E-state index contributed by atoms with van der Waals surface area (Å²) in [5.41, 5.74) is 11.8. The number of rotatable bonds is 21. The maximum absolute atomic E-state index is 15.9. The number of piperidine rings is 2. The molecule has 4 bridgehead atoms. The van der Waals surface area contributed by atoms with E-state index in [-0.39, 0.29) is 79.8 Å². The van der Waals surface area contributed by atoms with Crippen molar-refractivity contribution in [3.8, 4) is 33.9 Å². The number of amides is 3. The molecule has 20 nitrogen and oxygen atoms in total. The van der Waals surface area contributed by atoms with Gasteiger partial charge in [0.25, 0.3) is 0 Å². The normalized spacial score (nSPS) is 18.0. The molecule has 2 saturated heterocycles. The minimum atomic E-state index is -0.420. The standard InChI is InChI=1S/C56H59FN12O8/c57-45-32-39-34-62-68-47(39)33-44(45)43-9-4-10-46-51(43)53(63-66(46)22-25-70)38-17-23-69(68,24-18-38)50(73)16-15-48(71)59-20-27-75-29-31-76-30-28-74-26-19-49(72)65-21-5-6-40(35-65)67-56-52(55(58)60-36-61-56)54(64-67)37-11-13-42(14-12-37)77-41-7-2-1-3-8-41/h1-4,7-14,25,32-34,36,38,40H,5-6,15-24,26-31,35H2,(H2-,58,59,60,61,64,71)/p+1. The molecule has 4 aliphatic rings. The van der Waals surface area contributed by atoms with E-state index >= 15 is 4.39 Å². The highest BCUT2D eigenvalue weighted by Gasteiger charge is 2.46. The summed E-state index contributed by atoms with van der Waals surface area (Å²) < 4.78 is 42.4. The summed E-state index contributed by atoms with van der Waals surface area (Å²) in [4.78, 5) is 64.8. The average molecular weight is 1050 g/mol. The molecular formula is C56H60FN12O8+. The number of benzene rings is 4. The quantitative estimate of drug-likeness (QED) is 0.0438. The van der Waals surface area contributed by atoms with Crippen molar-refractivity contribution < 1.29 is 42.5 Å². The first-order valence-corrected chi connectivity index (χ1v) is 26.3. The molecule has 77 heavy (non-hydrogen) atoms. The molecule has 12 rings (SSSR count). The number of likely N-dealkylation sites (tertiary alicyclic amines) is 1. The first-order valence-electron chi connectivity index (χ1n) is 26.3. The second-order valence-electron chi connectivity index (χ2n) is 19.7. The predicted octanol–water partition coefficient (Wildman–Crippen LogP) is 6.63. The molecule has 1 atom stereocenters. The van der Waals surface area contributed by atoms with Crippen molar-refractivity contribution in [3.05, 3.63) is 109 Å². The van der Waals surface area contributed by atoms with Gasteiger partial charge >= 0.3 is 5.91 Å². The van der Waals surface area contributed by atoms with Gasteiger partial charge in [-0.05, 0) is 73.0 Å². The number of ether oxygens (including phenoxy) is 4. The number of nitrogens with two attached hydrogens (primary N) is 1. The van der Waals surface area contributed by atoms with Crippen molar-refractivity contribution in [3.63, 3.8) is 0 Å². The van der Waals surface area contributed by atoms with Crippen molar-refractivity contribution in [2.45, 2.75) is 63.5 Å². The van der Waals surface area contributed by atoms with Gasteiger partial charge in [0.15, 0.2) is 5.65 Å². The van der Waals surface area contributed by atoms with Crippen LogP contribution < -0.4 is 20.4 Å². The van der Waals surface area contributed by atoms with Crippen LogP contribution in [0.4, 0.5) is 10.2 Å². The third kappa shape index (κ3) is 10.5. The van der Waals surface area contributed by atoms with E-state index in [1.165, 1.54) is 12.4 Å². The molecule has 4 aromatic heterocycles. The van der Waals surface area contributed by atoms with Gasteiger partial charge in [0.05, 0.1) is 87.9 Å². The fourth-order valence-electron chi connectivity index (χ4n) is 11.1. The number of fused-ring (bicyclic) bond motifs is 3. The highest BCUT2D eigenvalue weighted by Crippen LogP contribution is 2.43. The summed E-state index contributed by atoms with van der Waals surface area (Å²) >= 11 is 0. The first kappa shape index (κ1) is 51.1. The second-order valence-corrected chi connectivity index (χ2v) is 19.7. The van der Waals surface area contributed by atoms with Crippen LogP contribution in [0, 0.1) is 5.82 Å². The molecule has 3 amide bonds. The van der Waals surface area contributed by atoms with E-state index < -0.39 is 5.82 Å². The maximum Gasteiger partial charge on any atom is 0.340 e. The number of anilines is 1. The smallest absolute Gasteiger partial charge is 0.340 e. The number of nitrogens with zero attached hydrogens (tertiary/aromatic N) is 10. The zero-order valence-electron chi connectivity index (χ0n) is 42.6. The van der Waals surface area contributed by atoms with Crippen LogP contribution in [-0.4, -0.2) is 141 Å². The van der Waals surface area contributed by atoms with Crippen molar-refractivity contribution in [1.82, 2.24) is 54.2 Å². The van der Waals surface area contributed by atoms with Crippen LogP contribution in [0.15, 0.2) is 97.5 Å². The highest BCUT2D eigenvalue weighted by atomic mass is 19.1. The van der Waals surface area contributed by atoms with Crippen molar-refractivity contribution in [2.24, 2.45) is 0 Å². The average Bonchev–Trinajstić information content (AvgIpc) is 4.38. The molecule has 0 radical (unpaired) electrons. The minimum Gasteiger partial charge on any atom is -0.457 e. The van der Waals surface area contributed by atoms with Gasteiger partial charge in [-0.25, -0.2) is 23.8 Å². The summed E-state index contributed by atoms with van der Waals surface area (Å²) in [6, 6.07) is 25.9. The number of nitrogen functional groups attached to an aromatic ring is 1. The molecule has 8 heterocycles. The van der Waals surface area contributed by atoms with Gasteiger partial charge in [-0.1, -0.05) is 35.1 Å². The Hall–Kier alpha value is -7.98. The number of aldehydes is 1. The monoisotopic (exact) mass is 1050 g/mol. The number of aromatic nitrogens is 8. The van der Waals surface area contributed by atoms with Crippen LogP contribution in [0.25, 0.3) is 55.2 Å². The third-order valence-electron chi connectivity index (χ3n) is 14.9. The van der Waals surface area contributed by atoms with Crippen LogP contribution in [0.2, 0.25) is 0 Å². The van der Waals surface area contributed by atoms with Crippen LogP contribution in [0.5, 0.6) is 11.5 Å². The lowest BCUT2D eigenvalue weighted by Gasteiger charge is -2.39. The fraction of sp³-hybridized carbons (Fsp3) is 0.375.